The van der Waals surface area contributed by atoms with Crippen molar-refractivity contribution in [2.45, 2.75) is 39.1 Å². The first-order valence-electron chi connectivity index (χ1n) is 8.87. The second kappa shape index (κ2) is 8.22. The summed E-state index contributed by atoms with van der Waals surface area (Å²) in [5.74, 6) is -0.280. The summed E-state index contributed by atoms with van der Waals surface area (Å²) in [6.07, 6.45) is 0.202. The molecular formula is C20H21ClF2N2O3. The number of nitrogens with zero attached hydrogens (tertiary/aromatic N) is 1. The molecule has 5 nitrogen and oxygen atoms in total. The first kappa shape index (κ1) is 20.2. The first-order valence-corrected chi connectivity index (χ1v) is 9.25. The van der Waals surface area contributed by atoms with Crippen molar-refractivity contribution in [2.24, 2.45) is 0 Å². The molecule has 8 heteroatoms. The zero-order valence-corrected chi connectivity index (χ0v) is 16.5. The lowest BCUT2D eigenvalue weighted by Crippen LogP contribution is -2.47. The van der Waals surface area contributed by atoms with Gasteiger partial charge in [0.1, 0.15) is 6.17 Å². The second-order valence-corrected chi connectivity index (χ2v) is 6.88. The number of benzene rings is 2. The number of rotatable bonds is 6. The Morgan fingerprint density at radius 2 is 2.00 bits per heavy atom. The summed E-state index contributed by atoms with van der Waals surface area (Å²) < 4.78 is 35.1. The van der Waals surface area contributed by atoms with Crippen LogP contribution in [0.5, 0.6) is 11.5 Å². The number of hydrogen-bond donors (Lipinski definition) is 1. The van der Waals surface area contributed by atoms with Crippen molar-refractivity contribution in [2.75, 3.05) is 12.4 Å². The van der Waals surface area contributed by atoms with E-state index in [1.165, 1.54) is 13.2 Å². The number of carbonyl (C=O) groups excluding carboxylic acids is 1. The molecule has 2 atom stereocenters. The number of carbonyl (C=O) groups is 1. The third-order valence-electron chi connectivity index (χ3n) is 4.80. The summed E-state index contributed by atoms with van der Waals surface area (Å²) in [7, 11) is 1.34. The van der Waals surface area contributed by atoms with Crippen LogP contribution in [0, 0.1) is 0 Å². The van der Waals surface area contributed by atoms with Gasteiger partial charge in [0.05, 0.1) is 17.7 Å². The molecular weight excluding hydrogens is 390 g/mol. The molecule has 2 aromatic rings. The Morgan fingerprint density at radius 3 is 2.64 bits per heavy atom. The molecule has 1 aliphatic heterocycles. The fourth-order valence-corrected chi connectivity index (χ4v) is 3.53. The van der Waals surface area contributed by atoms with Crippen LogP contribution in [-0.4, -0.2) is 30.6 Å². The highest BCUT2D eigenvalue weighted by Gasteiger charge is 2.36. The van der Waals surface area contributed by atoms with Crippen LogP contribution in [0.1, 0.15) is 42.4 Å². The quantitative estimate of drug-likeness (QED) is 0.700. The Labute approximate surface area is 167 Å². The molecule has 0 aromatic heterocycles. The van der Waals surface area contributed by atoms with Crippen LogP contribution in [0.25, 0.3) is 0 Å². The third-order valence-corrected chi connectivity index (χ3v) is 5.08. The van der Waals surface area contributed by atoms with Crippen LogP contribution in [-0.2, 0) is 0 Å². The Balaban J connectivity index is 2.10. The number of hydrogen-bond acceptors (Lipinski definition) is 4. The van der Waals surface area contributed by atoms with Gasteiger partial charge in [-0.15, -0.1) is 0 Å². The van der Waals surface area contributed by atoms with E-state index < -0.39 is 12.8 Å². The van der Waals surface area contributed by atoms with Gasteiger partial charge >= 0.3 is 6.61 Å². The van der Waals surface area contributed by atoms with Gasteiger partial charge < -0.3 is 19.7 Å². The van der Waals surface area contributed by atoms with E-state index in [1.54, 1.807) is 17.0 Å². The van der Waals surface area contributed by atoms with E-state index in [0.29, 0.717) is 16.8 Å². The van der Waals surface area contributed by atoms with Crippen molar-refractivity contribution in [3.8, 4) is 11.5 Å². The van der Waals surface area contributed by atoms with Gasteiger partial charge in [0.15, 0.2) is 11.5 Å². The normalized spacial score (nSPS) is 17.2. The minimum Gasteiger partial charge on any atom is -0.493 e. The first-order chi connectivity index (χ1) is 13.4. The molecule has 0 unspecified atom stereocenters. The average Bonchev–Trinajstić information content (AvgIpc) is 2.68. The summed E-state index contributed by atoms with van der Waals surface area (Å²) in [5, 5.41) is 3.33. The van der Waals surface area contributed by atoms with Crippen LogP contribution in [0.3, 0.4) is 0 Å². The average molecular weight is 411 g/mol. The van der Waals surface area contributed by atoms with Crippen LogP contribution in [0.15, 0.2) is 36.4 Å². The summed E-state index contributed by atoms with van der Waals surface area (Å²) >= 11 is 6.20. The molecule has 2 aromatic carbocycles. The number of para-hydroxylation sites is 1. The van der Waals surface area contributed by atoms with Crippen LogP contribution >= 0.6 is 11.6 Å². The molecule has 1 aliphatic rings. The van der Waals surface area contributed by atoms with E-state index >= 15 is 0 Å². The molecule has 28 heavy (non-hydrogen) atoms. The van der Waals surface area contributed by atoms with Gasteiger partial charge in [-0.2, -0.15) is 8.78 Å². The topological polar surface area (TPSA) is 50.8 Å². The molecule has 0 fully saturated rings. The molecule has 1 heterocycles. The molecule has 0 saturated heterocycles. The smallest absolute Gasteiger partial charge is 0.387 e. The van der Waals surface area contributed by atoms with E-state index in [4.69, 9.17) is 16.3 Å². The van der Waals surface area contributed by atoms with E-state index in [0.717, 1.165) is 6.42 Å². The van der Waals surface area contributed by atoms with E-state index in [9.17, 15) is 13.6 Å². The number of nitrogens with one attached hydrogen (secondary N) is 1. The molecule has 0 spiro atoms. The van der Waals surface area contributed by atoms with Crippen molar-refractivity contribution in [1.82, 2.24) is 4.90 Å². The number of anilines is 1. The minimum atomic E-state index is -3.03. The second-order valence-electron chi connectivity index (χ2n) is 6.47. The lowest BCUT2D eigenvalue weighted by atomic mass is 10.0. The minimum absolute atomic E-state index is 0.0214. The highest BCUT2D eigenvalue weighted by molar-refractivity contribution is 6.32. The summed E-state index contributed by atoms with van der Waals surface area (Å²) in [4.78, 5) is 14.9. The fraction of sp³-hybridized carbons (Fsp3) is 0.350. The summed E-state index contributed by atoms with van der Waals surface area (Å²) in [6, 6.07) is 10.2. The molecule has 0 aliphatic carbocycles. The SMILES string of the molecule is CC[C@@H](C)N1C(=O)c2ccccc2N[C@H]1c1cc(Cl)c(OC(F)F)c(OC)c1. The Hall–Kier alpha value is -2.54. The molecule has 0 radical (unpaired) electrons. The molecule has 1 amide bonds. The molecule has 3 rings (SSSR count). The lowest BCUT2D eigenvalue weighted by molar-refractivity contribution is -0.0511. The van der Waals surface area contributed by atoms with E-state index in [-0.39, 0.29) is 28.5 Å². The number of ether oxygens (including phenoxy) is 2. The number of amides is 1. The number of alkyl halides is 2. The molecule has 0 bridgehead atoms. The van der Waals surface area contributed by atoms with Crippen molar-refractivity contribution >= 4 is 23.2 Å². The third kappa shape index (κ3) is 3.71. The highest BCUT2D eigenvalue weighted by Crippen LogP contribution is 2.42. The molecule has 150 valence electrons. The van der Waals surface area contributed by atoms with Crippen molar-refractivity contribution in [1.29, 1.82) is 0 Å². The van der Waals surface area contributed by atoms with E-state index in [1.807, 2.05) is 32.0 Å². The van der Waals surface area contributed by atoms with Gasteiger partial charge in [0.2, 0.25) is 0 Å². The maximum atomic E-state index is 13.2. The van der Waals surface area contributed by atoms with Gasteiger partial charge in [-0.05, 0) is 37.6 Å². The number of halogens is 3. The Bertz CT molecular complexity index is 879. The predicted molar refractivity (Wildman–Crippen MR) is 103 cm³/mol. The maximum absolute atomic E-state index is 13.2. The zero-order valence-electron chi connectivity index (χ0n) is 15.7. The monoisotopic (exact) mass is 410 g/mol. The highest BCUT2D eigenvalue weighted by atomic mass is 35.5. The standard InChI is InChI=1S/C20H21ClF2N2O3/c1-4-11(2)25-18(24-15-8-6-5-7-13(15)19(25)26)12-9-14(21)17(28-20(22)23)16(10-12)27-3/h5-11,18,20,24H,4H2,1-3H3/t11-,18-/m1/s1. The number of methoxy groups -OCH3 is 1. The largest absolute Gasteiger partial charge is 0.493 e. The van der Waals surface area contributed by atoms with Gasteiger partial charge in [0.25, 0.3) is 5.91 Å². The van der Waals surface area contributed by atoms with Crippen LogP contribution in [0.4, 0.5) is 14.5 Å². The summed E-state index contributed by atoms with van der Waals surface area (Å²) in [6.45, 7) is 0.908. The number of fused-ring (bicyclic) bond motifs is 1. The van der Waals surface area contributed by atoms with Crippen LogP contribution in [0.2, 0.25) is 5.02 Å². The van der Waals surface area contributed by atoms with Gasteiger partial charge in [-0.1, -0.05) is 30.7 Å². The fourth-order valence-electron chi connectivity index (χ4n) is 3.27. The van der Waals surface area contributed by atoms with Gasteiger partial charge in [-0.3, -0.25) is 4.79 Å². The predicted octanol–water partition coefficient (Wildman–Crippen LogP) is 5.32. The lowest BCUT2D eigenvalue weighted by Gasteiger charge is -2.41. The van der Waals surface area contributed by atoms with Crippen molar-refractivity contribution in [3.05, 3.63) is 52.5 Å². The van der Waals surface area contributed by atoms with E-state index in [2.05, 4.69) is 10.1 Å². The van der Waals surface area contributed by atoms with Gasteiger partial charge in [-0.25, -0.2) is 0 Å². The molecule has 0 saturated carbocycles. The molecule has 1 N–H and O–H groups in total. The summed E-state index contributed by atoms with van der Waals surface area (Å²) in [5.41, 5.74) is 1.88. The Morgan fingerprint density at radius 1 is 1.29 bits per heavy atom. The van der Waals surface area contributed by atoms with Crippen molar-refractivity contribution in [3.63, 3.8) is 0 Å². The van der Waals surface area contributed by atoms with Gasteiger partial charge in [0, 0.05) is 17.3 Å². The zero-order chi connectivity index (χ0) is 20.4. The Kier molecular flexibility index (Phi) is 5.93. The maximum Gasteiger partial charge on any atom is 0.387 e. The van der Waals surface area contributed by atoms with Crippen LogP contribution < -0.4 is 14.8 Å². The van der Waals surface area contributed by atoms with Crippen molar-refractivity contribution < 1.29 is 23.0 Å².